The third-order valence-electron chi connectivity index (χ3n) is 3.66. The smallest absolute Gasteiger partial charge is 0.342 e. The molecule has 0 N–H and O–H groups in total. The van der Waals surface area contributed by atoms with E-state index in [1.54, 1.807) is 61.7 Å². The zero-order valence-electron chi connectivity index (χ0n) is 14.5. The number of unbranched alkanes of at least 4 members (excludes halogenated alkanes) is 1. The Kier molecular flexibility index (Phi) is 6.96. The van der Waals surface area contributed by atoms with Crippen LogP contribution in [0, 0.1) is 0 Å². The minimum Gasteiger partial charge on any atom is -0.497 e. The minimum absolute atomic E-state index is 0.0208. The van der Waals surface area contributed by atoms with E-state index in [4.69, 9.17) is 9.47 Å². The van der Waals surface area contributed by atoms with Crippen LogP contribution in [0.5, 0.6) is 5.75 Å². The molecule has 25 heavy (non-hydrogen) atoms. The Labute approximate surface area is 148 Å². The molecule has 0 radical (unpaired) electrons. The number of ketones is 1. The van der Waals surface area contributed by atoms with Crippen molar-refractivity contribution < 1.29 is 19.1 Å². The van der Waals surface area contributed by atoms with Gasteiger partial charge < -0.3 is 9.47 Å². The van der Waals surface area contributed by atoms with Crippen LogP contribution in [-0.4, -0.2) is 25.5 Å². The number of benzene rings is 2. The van der Waals surface area contributed by atoms with Crippen LogP contribution in [0.25, 0.3) is 6.08 Å². The van der Waals surface area contributed by atoms with Crippen molar-refractivity contribution in [2.75, 3.05) is 13.7 Å². The quantitative estimate of drug-likeness (QED) is 0.180. The largest absolute Gasteiger partial charge is 0.497 e. The van der Waals surface area contributed by atoms with Crippen LogP contribution >= 0.6 is 0 Å². The zero-order valence-corrected chi connectivity index (χ0v) is 14.5. The van der Waals surface area contributed by atoms with Crippen molar-refractivity contribution in [2.45, 2.75) is 19.8 Å². The maximum atomic E-state index is 12.8. The van der Waals surface area contributed by atoms with E-state index in [9.17, 15) is 9.59 Å². The summed E-state index contributed by atoms with van der Waals surface area (Å²) in [6.07, 6.45) is 3.24. The first-order chi connectivity index (χ1) is 12.2. The Morgan fingerprint density at radius 1 is 1.00 bits per heavy atom. The lowest BCUT2D eigenvalue weighted by Crippen LogP contribution is -2.16. The molecule has 0 amide bonds. The fraction of sp³-hybridized carbons (Fsp3) is 0.238. The Bertz CT molecular complexity index is 730. The molecule has 4 nitrogen and oxygen atoms in total. The minimum atomic E-state index is -0.599. The van der Waals surface area contributed by atoms with Crippen LogP contribution in [0.2, 0.25) is 0 Å². The normalized spacial score (nSPS) is 11.0. The van der Waals surface area contributed by atoms with Crippen molar-refractivity contribution >= 4 is 17.8 Å². The van der Waals surface area contributed by atoms with Gasteiger partial charge in [0.05, 0.1) is 13.7 Å². The summed E-state index contributed by atoms with van der Waals surface area (Å²) in [5.41, 5.74) is 1.20. The summed E-state index contributed by atoms with van der Waals surface area (Å²) in [6, 6.07) is 15.8. The molecule has 0 saturated heterocycles. The van der Waals surface area contributed by atoms with E-state index in [1.165, 1.54) is 0 Å². The van der Waals surface area contributed by atoms with Gasteiger partial charge in [0, 0.05) is 5.56 Å². The van der Waals surface area contributed by atoms with Gasteiger partial charge in [0.15, 0.2) is 5.78 Å². The SMILES string of the molecule is CCCCOC(=O)/C(=C/c1ccc(OC)cc1)C(=O)c1ccccc1. The lowest BCUT2D eigenvalue weighted by atomic mass is 10.0. The highest BCUT2D eigenvalue weighted by Gasteiger charge is 2.21. The predicted molar refractivity (Wildman–Crippen MR) is 97.6 cm³/mol. The molecule has 4 heteroatoms. The highest BCUT2D eigenvalue weighted by Crippen LogP contribution is 2.17. The third kappa shape index (κ3) is 5.31. The second kappa shape index (κ2) is 9.42. The van der Waals surface area contributed by atoms with Gasteiger partial charge in [-0.3, -0.25) is 4.79 Å². The van der Waals surface area contributed by atoms with Crippen molar-refractivity contribution in [2.24, 2.45) is 0 Å². The van der Waals surface area contributed by atoms with E-state index < -0.39 is 5.97 Å². The number of hydrogen-bond acceptors (Lipinski definition) is 4. The average molecular weight is 338 g/mol. The van der Waals surface area contributed by atoms with Crippen LogP contribution in [0.1, 0.15) is 35.7 Å². The van der Waals surface area contributed by atoms with Crippen LogP contribution in [0.15, 0.2) is 60.2 Å². The van der Waals surface area contributed by atoms with Crippen molar-refractivity contribution in [1.82, 2.24) is 0 Å². The lowest BCUT2D eigenvalue weighted by Gasteiger charge is -2.08. The molecular formula is C21H22O4. The van der Waals surface area contributed by atoms with Crippen molar-refractivity contribution in [1.29, 1.82) is 0 Å². The first-order valence-corrected chi connectivity index (χ1v) is 8.28. The maximum Gasteiger partial charge on any atom is 0.342 e. The zero-order chi connectivity index (χ0) is 18.1. The molecular weight excluding hydrogens is 316 g/mol. The van der Waals surface area contributed by atoms with E-state index in [0.29, 0.717) is 17.9 Å². The van der Waals surface area contributed by atoms with Crippen molar-refractivity contribution in [3.05, 3.63) is 71.3 Å². The molecule has 130 valence electrons. The molecule has 2 aromatic carbocycles. The maximum absolute atomic E-state index is 12.8. The highest BCUT2D eigenvalue weighted by molar-refractivity contribution is 6.26. The van der Waals surface area contributed by atoms with E-state index >= 15 is 0 Å². The summed E-state index contributed by atoms with van der Waals surface area (Å²) in [7, 11) is 1.58. The van der Waals surface area contributed by atoms with Crippen LogP contribution in [0.3, 0.4) is 0 Å². The number of hydrogen-bond donors (Lipinski definition) is 0. The average Bonchev–Trinajstić information content (AvgIpc) is 2.67. The Balaban J connectivity index is 2.31. The summed E-state index contributed by atoms with van der Waals surface area (Å²) in [4.78, 5) is 25.2. The predicted octanol–water partition coefficient (Wildman–Crippen LogP) is 4.30. The van der Waals surface area contributed by atoms with Crippen LogP contribution < -0.4 is 4.74 Å². The summed E-state index contributed by atoms with van der Waals surface area (Å²) >= 11 is 0. The summed E-state index contributed by atoms with van der Waals surface area (Å²) in [5, 5.41) is 0. The van der Waals surface area contributed by atoms with Gasteiger partial charge >= 0.3 is 5.97 Å². The van der Waals surface area contributed by atoms with Gasteiger partial charge in [-0.1, -0.05) is 55.8 Å². The molecule has 0 saturated carbocycles. The monoisotopic (exact) mass is 338 g/mol. The molecule has 0 aliphatic heterocycles. The Hall–Kier alpha value is -2.88. The first kappa shape index (κ1) is 18.5. The topological polar surface area (TPSA) is 52.6 Å². The molecule has 0 spiro atoms. The van der Waals surface area contributed by atoms with Gasteiger partial charge in [0.2, 0.25) is 0 Å². The van der Waals surface area contributed by atoms with E-state index in [0.717, 1.165) is 18.4 Å². The van der Waals surface area contributed by atoms with Gasteiger partial charge in [0.1, 0.15) is 11.3 Å². The number of esters is 1. The number of methoxy groups -OCH3 is 1. The van der Waals surface area contributed by atoms with Crippen molar-refractivity contribution in [3.8, 4) is 5.75 Å². The van der Waals surface area contributed by atoms with E-state index in [-0.39, 0.29) is 11.4 Å². The number of carbonyl (C=O) groups is 2. The molecule has 0 aliphatic rings. The molecule has 0 aromatic heterocycles. The van der Waals surface area contributed by atoms with Crippen molar-refractivity contribution in [3.63, 3.8) is 0 Å². The lowest BCUT2D eigenvalue weighted by molar-refractivity contribution is -0.138. The second-order valence-electron chi connectivity index (χ2n) is 5.52. The molecule has 0 unspecified atom stereocenters. The van der Waals surface area contributed by atoms with E-state index in [2.05, 4.69) is 0 Å². The molecule has 0 aliphatic carbocycles. The second-order valence-corrected chi connectivity index (χ2v) is 5.52. The van der Waals surface area contributed by atoms with Gasteiger partial charge in [-0.2, -0.15) is 0 Å². The standard InChI is InChI=1S/C21H22O4/c1-3-4-14-25-21(23)19(20(22)17-8-6-5-7-9-17)15-16-10-12-18(24-2)13-11-16/h5-13,15H,3-4,14H2,1-2H3/b19-15+. The van der Waals surface area contributed by atoms with Crippen LogP contribution in [-0.2, 0) is 9.53 Å². The van der Waals surface area contributed by atoms with Gasteiger partial charge in [-0.05, 0) is 30.2 Å². The molecule has 0 heterocycles. The number of carbonyl (C=O) groups excluding carboxylic acids is 2. The van der Waals surface area contributed by atoms with E-state index in [1.807, 2.05) is 13.0 Å². The summed E-state index contributed by atoms with van der Waals surface area (Å²) in [6.45, 7) is 2.31. The number of ether oxygens (including phenoxy) is 2. The van der Waals surface area contributed by atoms with Gasteiger partial charge in [-0.15, -0.1) is 0 Å². The van der Waals surface area contributed by atoms with Crippen LogP contribution in [0.4, 0.5) is 0 Å². The number of rotatable bonds is 8. The van der Waals surface area contributed by atoms with Gasteiger partial charge in [0.25, 0.3) is 0 Å². The molecule has 0 atom stereocenters. The Morgan fingerprint density at radius 2 is 1.68 bits per heavy atom. The first-order valence-electron chi connectivity index (χ1n) is 8.28. The summed E-state index contributed by atoms with van der Waals surface area (Å²) in [5.74, 6) is -0.241. The Morgan fingerprint density at radius 3 is 2.28 bits per heavy atom. The highest BCUT2D eigenvalue weighted by atomic mass is 16.5. The molecule has 0 fully saturated rings. The molecule has 2 rings (SSSR count). The number of Topliss-reactive ketones (excluding diaryl/α,β-unsaturated/α-hetero) is 1. The third-order valence-corrected chi connectivity index (χ3v) is 3.66. The van der Waals surface area contributed by atoms with Gasteiger partial charge in [-0.25, -0.2) is 4.79 Å². The molecule has 2 aromatic rings. The fourth-order valence-corrected chi connectivity index (χ4v) is 2.22. The summed E-state index contributed by atoms with van der Waals surface area (Å²) < 4.78 is 10.4. The molecule has 0 bridgehead atoms. The fourth-order valence-electron chi connectivity index (χ4n) is 2.22.